The van der Waals surface area contributed by atoms with Crippen molar-refractivity contribution < 1.29 is 18.8 Å². The summed E-state index contributed by atoms with van der Waals surface area (Å²) in [6, 6.07) is 5.55. The maximum Gasteiger partial charge on any atom is 0.277 e. The van der Waals surface area contributed by atoms with Gasteiger partial charge in [0.15, 0.2) is 17.4 Å². The fraction of sp³-hybridized carbons (Fsp3) is 0.517. The maximum atomic E-state index is 13.2. The molecule has 0 spiro atoms. The molecule has 1 aliphatic carbocycles. The second-order valence-electron chi connectivity index (χ2n) is 11.0. The molecule has 3 aromatic rings. The van der Waals surface area contributed by atoms with Crippen LogP contribution in [0.25, 0.3) is 0 Å². The van der Waals surface area contributed by atoms with Crippen molar-refractivity contribution in [3.05, 3.63) is 46.6 Å². The van der Waals surface area contributed by atoms with E-state index >= 15 is 0 Å². The zero-order valence-electron chi connectivity index (χ0n) is 23.3. The Labute approximate surface area is 242 Å². The van der Waals surface area contributed by atoms with E-state index in [2.05, 4.69) is 30.3 Å². The third-order valence-corrected chi connectivity index (χ3v) is 8.81. The summed E-state index contributed by atoms with van der Waals surface area (Å²) in [7, 11) is 0. The first kappa shape index (κ1) is 27.4. The number of aromatic nitrogens is 3. The van der Waals surface area contributed by atoms with Crippen molar-refractivity contribution >= 4 is 45.4 Å². The number of Topliss-reactive ketones (excluding diaryl/α,β-unsaturated/α-hetero) is 1. The van der Waals surface area contributed by atoms with Crippen LogP contribution in [0.1, 0.15) is 82.6 Å². The molecule has 2 amide bonds. The lowest BCUT2D eigenvalue weighted by Gasteiger charge is -2.36. The molecule has 6 rings (SSSR count). The molecule has 0 bridgehead atoms. The molecule has 0 atom stereocenters. The number of likely N-dealkylation sites (tertiary alicyclic amines) is 1. The molecule has 1 aromatic carbocycles. The van der Waals surface area contributed by atoms with Crippen LogP contribution in [0.5, 0.6) is 0 Å². The highest BCUT2D eigenvalue weighted by atomic mass is 32.1. The predicted molar refractivity (Wildman–Crippen MR) is 156 cm³/mol. The maximum absolute atomic E-state index is 13.2. The summed E-state index contributed by atoms with van der Waals surface area (Å²) in [5, 5.41) is 13.3. The van der Waals surface area contributed by atoms with Crippen molar-refractivity contribution in [2.75, 3.05) is 54.4 Å². The van der Waals surface area contributed by atoms with Crippen LogP contribution in [0.3, 0.4) is 0 Å². The van der Waals surface area contributed by atoms with Crippen LogP contribution in [-0.4, -0.2) is 76.9 Å². The number of ketones is 1. The van der Waals surface area contributed by atoms with E-state index in [1.54, 1.807) is 17.4 Å². The SMILES string of the molecule is Cc1nnc(N2CCN(c3ccc(C(=O)CCCCN4CCCC4=O)cc3NC(=O)c3coc(C4CC4)n3)CC2)s1. The van der Waals surface area contributed by atoms with E-state index in [0.29, 0.717) is 48.9 Å². The van der Waals surface area contributed by atoms with Gasteiger partial charge in [-0.3, -0.25) is 14.4 Å². The van der Waals surface area contributed by atoms with E-state index in [9.17, 15) is 14.4 Å². The van der Waals surface area contributed by atoms with Gasteiger partial charge in [-0.1, -0.05) is 11.3 Å². The second kappa shape index (κ2) is 12.0. The molecule has 2 saturated heterocycles. The number of piperazine rings is 1. The number of unbranched alkanes of at least 4 members (excludes halogenated alkanes) is 1. The average molecular weight is 578 g/mol. The number of hydrogen-bond donors (Lipinski definition) is 1. The van der Waals surface area contributed by atoms with Crippen LogP contribution in [0.2, 0.25) is 0 Å². The summed E-state index contributed by atoms with van der Waals surface area (Å²) in [6.45, 7) is 6.49. The highest BCUT2D eigenvalue weighted by Crippen LogP contribution is 2.39. The summed E-state index contributed by atoms with van der Waals surface area (Å²) in [5.41, 5.74) is 2.24. The number of amides is 2. The smallest absolute Gasteiger partial charge is 0.277 e. The first-order valence-corrected chi connectivity index (χ1v) is 15.3. The summed E-state index contributed by atoms with van der Waals surface area (Å²) in [4.78, 5) is 48.9. The van der Waals surface area contributed by atoms with E-state index in [-0.39, 0.29) is 23.3 Å². The van der Waals surface area contributed by atoms with Gasteiger partial charge in [0, 0.05) is 63.6 Å². The quantitative estimate of drug-likeness (QED) is 0.263. The summed E-state index contributed by atoms with van der Waals surface area (Å²) in [6.07, 6.45) is 6.93. The Balaban J connectivity index is 1.14. The van der Waals surface area contributed by atoms with Crippen LogP contribution in [0.4, 0.5) is 16.5 Å². The number of nitrogens with zero attached hydrogens (tertiary/aromatic N) is 6. The number of nitrogens with one attached hydrogen (secondary N) is 1. The van der Waals surface area contributed by atoms with E-state index in [4.69, 9.17) is 4.42 Å². The molecular formula is C29H35N7O4S. The number of oxazole rings is 1. The van der Waals surface area contributed by atoms with Crippen molar-refractivity contribution in [2.45, 2.75) is 57.8 Å². The minimum absolute atomic E-state index is 0.0220. The number of anilines is 3. The second-order valence-corrected chi connectivity index (χ2v) is 12.1. The van der Waals surface area contributed by atoms with Crippen LogP contribution in [0, 0.1) is 6.92 Å². The minimum Gasteiger partial charge on any atom is -0.448 e. The van der Waals surface area contributed by atoms with Crippen molar-refractivity contribution in [1.29, 1.82) is 0 Å². The number of rotatable bonds is 11. The standard InChI is InChI=1S/C29H35N7O4S/c1-19-32-33-29(41-19)36-15-13-34(14-16-36)24-10-9-21(25(37)5-2-3-11-35-12-4-6-26(35)38)17-22(24)30-27(39)23-18-40-28(31-23)20-7-8-20/h9-10,17-18,20H,2-8,11-16H2,1H3,(H,30,39). The molecular weight excluding hydrogens is 542 g/mol. The van der Waals surface area contributed by atoms with E-state index in [0.717, 1.165) is 74.2 Å². The number of carbonyl (C=O) groups excluding carboxylic acids is 3. The molecule has 3 fully saturated rings. The van der Waals surface area contributed by atoms with E-state index < -0.39 is 0 Å². The van der Waals surface area contributed by atoms with Crippen molar-refractivity contribution in [3.63, 3.8) is 0 Å². The average Bonchev–Trinajstić information content (AvgIpc) is 3.33. The van der Waals surface area contributed by atoms with Crippen molar-refractivity contribution in [2.24, 2.45) is 0 Å². The Morgan fingerprint density at radius 2 is 1.88 bits per heavy atom. The molecule has 1 N–H and O–H groups in total. The summed E-state index contributed by atoms with van der Waals surface area (Å²) < 4.78 is 5.53. The molecule has 41 heavy (non-hydrogen) atoms. The molecule has 3 aliphatic rings. The molecule has 12 heteroatoms. The van der Waals surface area contributed by atoms with Gasteiger partial charge in [-0.15, -0.1) is 10.2 Å². The van der Waals surface area contributed by atoms with Gasteiger partial charge in [-0.2, -0.15) is 0 Å². The van der Waals surface area contributed by atoms with Crippen LogP contribution in [0.15, 0.2) is 28.9 Å². The first-order chi connectivity index (χ1) is 19.9. The number of hydrogen-bond acceptors (Lipinski definition) is 10. The molecule has 11 nitrogen and oxygen atoms in total. The fourth-order valence-corrected chi connectivity index (χ4v) is 6.15. The van der Waals surface area contributed by atoms with Crippen LogP contribution < -0.4 is 15.1 Å². The Bertz CT molecular complexity index is 1420. The summed E-state index contributed by atoms with van der Waals surface area (Å²) >= 11 is 1.58. The lowest BCUT2D eigenvalue weighted by Crippen LogP contribution is -2.46. The molecule has 2 aromatic heterocycles. The largest absolute Gasteiger partial charge is 0.448 e. The van der Waals surface area contributed by atoms with Gasteiger partial charge in [-0.25, -0.2) is 4.98 Å². The van der Waals surface area contributed by atoms with Crippen LogP contribution >= 0.6 is 11.3 Å². The van der Waals surface area contributed by atoms with Crippen molar-refractivity contribution in [1.82, 2.24) is 20.1 Å². The number of carbonyl (C=O) groups is 3. The molecule has 216 valence electrons. The van der Waals surface area contributed by atoms with E-state index in [1.165, 1.54) is 6.26 Å². The van der Waals surface area contributed by atoms with Gasteiger partial charge in [0.25, 0.3) is 5.91 Å². The van der Waals surface area contributed by atoms with Crippen molar-refractivity contribution in [3.8, 4) is 0 Å². The van der Waals surface area contributed by atoms with Gasteiger partial charge in [-0.05, 0) is 57.2 Å². The fourth-order valence-electron chi connectivity index (χ4n) is 5.41. The molecule has 0 radical (unpaired) electrons. The summed E-state index contributed by atoms with van der Waals surface area (Å²) in [5.74, 6) is 0.795. The Morgan fingerprint density at radius 1 is 1.07 bits per heavy atom. The zero-order chi connectivity index (χ0) is 28.3. The lowest BCUT2D eigenvalue weighted by molar-refractivity contribution is -0.127. The van der Waals surface area contributed by atoms with Gasteiger partial charge >= 0.3 is 0 Å². The van der Waals surface area contributed by atoms with Gasteiger partial charge in [0.05, 0.1) is 11.4 Å². The Kier molecular flexibility index (Phi) is 8.00. The Hall–Kier alpha value is -3.80. The zero-order valence-corrected chi connectivity index (χ0v) is 24.1. The van der Waals surface area contributed by atoms with Gasteiger partial charge < -0.3 is 24.4 Å². The van der Waals surface area contributed by atoms with Gasteiger partial charge in [0.2, 0.25) is 11.0 Å². The topological polar surface area (TPSA) is 125 Å². The third kappa shape index (κ3) is 6.42. The normalized spacial score (nSPS) is 17.4. The molecule has 4 heterocycles. The molecule has 0 unspecified atom stereocenters. The predicted octanol–water partition coefficient (Wildman–Crippen LogP) is 4.27. The van der Waals surface area contributed by atoms with Gasteiger partial charge in [0.1, 0.15) is 11.3 Å². The molecule has 1 saturated carbocycles. The Morgan fingerprint density at radius 3 is 2.59 bits per heavy atom. The number of aryl methyl sites for hydroxylation is 1. The van der Waals surface area contributed by atoms with E-state index in [1.807, 2.05) is 24.0 Å². The minimum atomic E-state index is -0.357. The lowest BCUT2D eigenvalue weighted by atomic mass is 10.0. The monoisotopic (exact) mass is 577 g/mol. The third-order valence-electron chi connectivity index (χ3n) is 7.91. The van der Waals surface area contributed by atoms with Crippen LogP contribution in [-0.2, 0) is 4.79 Å². The molecule has 2 aliphatic heterocycles. The number of benzene rings is 1. The first-order valence-electron chi connectivity index (χ1n) is 14.5. The highest BCUT2D eigenvalue weighted by Gasteiger charge is 2.30. The highest BCUT2D eigenvalue weighted by molar-refractivity contribution is 7.15.